The van der Waals surface area contributed by atoms with E-state index in [0.717, 1.165) is 29.8 Å². The molecule has 2 aromatic carbocycles. The molecule has 1 amide bonds. The van der Waals surface area contributed by atoms with E-state index in [-0.39, 0.29) is 5.91 Å². The van der Waals surface area contributed by atoms with Gasteiger partial charge >= 0.3 is 0 Å². The summed E-state index contributed by atoms with van der Waals surface area (Å²) < 4.78 is 0. The molecule has 0 aromatic heterocycles. The van der Waals surface area contributed by atoms with Crippen molar-refractivity contribution in [2.45, 2.75) is 39.0 Å². The minimum atomic E-state index is 0.0849. The number of hydrogen-bond donors (Lipinski definition) is 1. The first kappa shape index (κ1) is 16.9. The van der Waals surface area contributed by atoms with Crippen LogP contribution >= 0.6 is 0 Å². The lowest BCUT2D eigenvalue weighted by molar-refractivity contribution is -0.116. The fraction of sp³-hybridized carbons (Fsp3) is 0.300. The number of hydrogen-bond acceptors (Lipinski definition) is 2. The van der Waals surface area contributed by atoms with Crippen molar-refractivity contribution in [3.05, 3.63) is 60.2 Å². The van der Waals surface area contributed by atoms with E-state index in [2.05, 4.69) is 17.2 Å². The van der Waals surface area contributed by atoms with Gasteiger partial charge in [-0.05, 0) is 36.2 Å². The average Bonchev–Trinajstić information content (AvgIpc) is 2.59. The van der Waals surface area contributed by atoms with Gasteiger partial charge in [0.05, 0.1) is 5.69 Å². The number of nitrogens with zero attached hydrogens (tertiary/aromatic N) is 1. The molecule has 3 nitrogen and oxygen atoms in total. The van der Waals surface area contributed by atoms with E-state index in [4.69, 9.17) is 0 Å². The van der Waals surface area contributed by atoms with Crippen LogP contribution in [0.4, 0.5) is 11.4 Å². The zero-order chi connectivity index (χ0) is 16.3. The third-order valence-corrected chi connectivity index (χ3v) is 3.57. The summed E-state index contributed by atoms with van der Waals surface area (Å²) in [6.07, 6.45) is 6.89. The largest absolute Gasteiger partial charge is 0.326 e. The maximum atomic E-state index is 11.8. The van der Waals surface area contributed by atoms with Crippen LogP contribution in [0.15, 0.2) is 59.6 Å². The summed E-state index contributed by atoms with van der Waals surface area (Å²) in [4.78, 5) is 16.3. The van der Waals surface area contributed by atoms with Gasteiger partial charge in [-0.25, -0.2) is 0 Å². The van der Waals surface area contributed by atoms with E-state index in [0.29, 0.717) is 6.42 Å². The number of amides is 1. The zero-order valence-corrected chi connectivity index (χ0v) is 13.7. The lowest BCUT2D eigenvalue weighted by Gasteiger charge is -2.05. The topological polar surface area (TPSA) is 41.5 Å². The molecule has 23 heavy (non-hydrogen) atoms. The number of carbonyl (C=O) groups is 1. The molecule has 0 saturated carbocycles. The van der Waals surface area contributed by atoms with E-state index in [1.54, 1.807) is 0 Å². The van der Waals surface area contributed by atoms with Crippen LogP contribution in [0.5, 0.6) is 0 Å². The highest BCUT2D eigenvalue weighted by Gasteiger charge is 2.02. The Labute approximate surface area is 138 Å². The Morgan fingerprint density at radius 2 is 1.74 bits per heavy atom. The van der Waals surface area contributed by atoms with Crippen molar-refractivity contribution >= 4 is 23.5 Å². The summed E-state index contributed by atoms with van der Waals surface area (Å²) in [5, 5.41) is 2.93. The van der Waals surface area contributed by atoms with E-state index >= 15 is 0 Å². The minimum absolute atomic E-state index is 0.0849. The number of nitrogens with one attached hydrogen (secondary N) is 1. The predicted molar refractivity (Wildman–Crippen MR) is 97.5 cm³/mol. The van der Waals surface area contributed by atoms with Gasteiger partial charge in [0.2, 0.25) is 5.91 Å². The van der Waals surface area contributed by atoms with E-state index in [1.807, 2.05) is 60.8 Å². The van der Waals surface area contributed by atoms with Crippen molar-refractivity contribution < 1.29 is 4.79 Å². The first-order valence-electron chi connectivity index (χ1n) is 8.27. The molecule has 0 unspecified atom stereocenters. The molecule has 0 radical (unpaired) electrons. The van der Waals surface area contributed by atoms with Gasteiger partial charge in [-0.3, -0.25) is 9.79 Å². The standard InChI is InChI=1S/C20H24N2O/c1-2-3-4-8-11-20(23)22-19-14-12-18(13-15-19)21-16-17-9-6-5-7-10-17/h5-7,9-10,12-16H,2-4,8,11H2,1H3,(H,22,23). The highest BCUT2D eigenvalue weighted by Crippen LogP contribution is 2.17. The summed E-state index contributed by atoms with van der Waals surface area (Å²) in [6, 6.07) is 17.6. The molecule has 0 spiro atoms. The van der Waals surface area contributed by atoms with Gasteiger partial charge in [0.1, 0.15) is 0 Å². The van der Waals surface area contributed by atoms with Gasteiger partial charge in [0.15, 0.2) is 0 Å². The van der Waals surface area contributed by atoms with Crippen molar-refractivity contribution in [1.82, 2.24) is 0 Å². The second-order valence-corrected chi connectivity index (χ2v) is 5.57. The van der Waals surface area contributed by atoms with Crippen molar-refractivity contribution in [3.63, 3.8) is 0 Å². The SMILES string of the molecule is CCCCCCC(=O)Nc1ccc(N=Cc2ccccc2)cc1. The van der Waals surface area contributed by atoms with Crippen LogP contribution < -0.4 is 5.32 Å². The van der Waals surface area contributed by atoms with E-state index in [9.17, 15) is 4.79 Å². The molecule has 0 aliphatic carbocycles. The minimum Gasteiger partial charge on any atom is -0.326 e. The number of aliphatic imine (C=N–C) groups is 1. The molecule has 0 atom stereocenters. The van der Waals surface area contributed by atoms with Crippen molar-refractivity contribution in [3.8, 4) is 0 Å². The molecule has 0 aliphatic heterocycles. The zero-order valence-electron chi connectivity index (χ0n) is 13.7. The molecule has 0 heterocycles. The summed E-state index contributed by atoms with van der Waals surface area (Å²) in [5.74, 6) is 0.0849. The van der Waals surface area contributed by atoms with Gasteiger partial charge in [0.25, 0.3) is 0 Å². The molecule has 2 rings (SSSR count). The average molecular weight is 308 g/mol. The molecule has 0 bridgehead atoms. The van der Waals surface area contributed by atoms with Gasteiger partial charge < -0.3 is 5.32 Å². The Kier molecular flexibility index (Phi) is 7.05. The summed E-state index contributed by atoms with van der Waals surface area (Å²) in [6.45, 7) is 2.17. The number of rotatable bonds is 8. The second-order valence-electron chi connectivity index (χ2n) is 5.57. The number of anilines is 1. The van der Waals surface area contributed by atoms with Crippen molar-refractivity contribution in [2.24, 2.45) is 4.99 Å². The molecular formula is C20H24N2O. The quantitative estimate of drug-likeness (QED) is 0.518. The maximum Gasteiger partial charge on any atom is 0.224 e. The van der Waals surface area contributed by atoms with Crippen LogP contribution in [0.2, 0.25) is 0 Å². The number of benzene rings is 2. The lowest BCUT2D eigenvalue weighted by atomic mass is 10.1. The third kappa shape index (κ3) is 6.47. The van der Waals surface area contributed by atoms with Crippen molar-refractivity contribution in [1.29, 1.82) is 0 Å². The Morgan fingerprint density at radius 1 is 1.00 bits per heavy atom. The predicted octanol–water partition coefficient (Wildman–Crippen LogP) is 5.35. The Morgan fingerprint density at radius 3 is 2.43 bits per heavy atom. The monoisotopic (exact) mass is 308 g/mol. The molecule has 0 fully saturated rings. The second kappa shape index (κ2) is 9.57. The highest BCUT2D eigenvalue weighted by molar-refractivity contribution is 5.91. The molecule has 1 N–H and O–H groups in total. The van der Waals surface area contributed by atoms with Gasteiger partial charge in [-0.2, -0.15) is 0 Å². The van der Waals surface area contributed by atoms with Crippen LogP contribution in [-0.2, 0) is 4.79 Å². The summed E-state index contributed by atoms with van der Waals surface area (Å²) in [7, 11) is 0. The molecule has 2 aromatic rings. The van der Waals surface area contributed by atoms with Crippen LogP contribution in [0.25, 0.3) is 0 Å². The first-order valence-corrected chi connectivity index (χ1v) is 8.27. The Bertz CT molecular complexity index is 618. The van der Waals surface area contributed by atoms with Crippen LogP contribution in [0.1, 0.15) is 44.6 Å². The molecule has 0 aliphatic rings. The molecule has 3 heteroatoms. The highest BCUT2D eigenvalue weighted by atomic mass is 16.1. The Hall–Kier alpha value is -2.42. The van der Waals surface area contributed by atoms with E-state index < -0.39 is 0 Å². The molecule has 0 saturated heterocycles. The maximum absolute atomic E-state index is 11.8. The molecule has 120 valence electrons. The van der Waals surface area contributed by atoms with Crippen LogP contribution in [0.3, 0.4) is 0 Å². The lowest BCUT2D eigenvalue weighted by Crippen LogP contribution is -2.10. The fourth-order valence-electron chi connectivity index (χ4n) is 2.25. The van der Waals surface area contributed by atoms with Gasteiger partial charge in [-0.15, -0.1) is 0 Å². The smallest absolute Gasteiger partial charge is 0.224 e. The number of unbranched alkanes of at least 4 members (excludes halogenated alkanes) is 3. The summed E-state index contributed by atoms with van der Waals surface area (Å²) >= 11 is 0. The Balaban J connectivity index is 1.82. The van der Waals surface area contributed by atoms with Crippen LogP contribution in [0, 0.1) is 0 Å². The molecular weight excluding hydrogens is 284 g/mol. The number of carbonyl (C=O) groups excluding carboxylic acids is 1. The fourth-order valence-corrected chi connectivity index (χ4v) is 2.25. The first-order chi connectivity index (χ1) is 11.3. The van der Waals surface area contributed by atoms with E-state index in [1.165, 1.54) is 12.8 Å². The summed E-state index contributed by atoms with van der Waals surface area (Å²) in [5.41, 5.74) is 2.76. The van der Waals surface area contributed by atoms with Gasteiger partial charge in [0, 0.05) is 18.3 Å². The van der Waals surface area contributed by atoms with Crippen LogP contribution in [-0.4, -0.2) is 12.1 Å². The van der Waals surface area contributed by atoms with Crippen molar-refractivity contribution in [2.75, 3.05) is 5.32 Å². The third-order valence-electron chi connectivity index (χ3n) is 3.57. The van der Waals surface area contributed by atoms with Gasteiger partial charge in [-0.1, -0.05) is 56.5 Å². The normalized spacial score (nSPS) is 10.8.